The van der Waals surface area contributed by atoms with Gasteiger partial charge in [0.05, 0.1) is 5.60 Å². The highest BCUT2D eigenvalue weighted by Crippen LogP contribution is 2.62. The number of carbonyl (C=O) groups is 2. The topological polar surface area (TPSA) is 83.8 Å². The van der Waals surface area contributed by atoms with Crippen LogP contribution in [0.2, 0.25) is 0 Å². The summed E-state index contributed by atoms with van der Waals surface area (Å²) in [5.74, 6) is -1.40. The number of carbonyl (C=O) groups excluding carboxylic acids is 2. The van der Waals surface area contributed by atoms with E-state index in [0.717, 1.165) is 19.3 Å². The summed E-state index contributed by atoms with van der Waals surface area (Å²) >= 11 is 0. The molecule has 5 atom stereocenters. The molecule has 0 radical (unpaired) electrons. The Labute approximate surface area is 149 Å². The van der Waals surface area contributed by atoms with Gasteiger partial charge in [-0.15, -0.1) is 0 Å². The molecule has 5 heteroatoms. The molecule has 0 unspecified atom stereocenters. The van der Waals surface area contributed by atoms with Crippen LogP contribution in [0.25, 0.3) is 0 Å². The molecule has 0 saturated heterocycles. The van der Waals surface area contributed by atoms with Gasteiger partial charge in [0, 0.05) is 22.8 Å². The molecule has 2 aliphatic carbocycles. The zero-order valence-corrected chi connectivity index (χ0v) is 15.7. The predicted octanol–water partition coefficient (Wildman–Crippen LogP) is 2.39. The van der Waals surface area contributed by atoms with Crippen molar-refractivity contribution in [3.63, 3.8) is 0 Å². The average Bonchev–Trinajstić information content (AvgIpc) is 2.94. The Balaban J connectivity index is 1.97. The fourth-order valence-corrected chi connectivity index (χ4v) is 5.86. The van der Waals surface area contributed by atoms with E-state index >= 15 is 0 Å². The molecule has 0 amide bonds. The molecule has 0 bridgehead atoms. The fourth-order valence-electron chi connectivity index (χ4n) is 5.86. The SMILES string of the molecule is C[C@H]1[C@@H](O)C(=O)[C@H]2C(C)(C)CCC[C@]2(C)[C@]1(O)CCC1=CCOC1=O. The first-order valence-corrected chi connectivity index (χ1v) is 9.35. The summed E-state index contributed by atoms with van der Waals surface area (Å²) < 4.78 is 4.95. The van der Waals surface area contributed by atoms with Crippen molar-refractivity contribution in [2.75, 3.05) is 6.61 Å². The lowest BCUT2D eigenvalue weighted by Gasteiger charge is -2.63. The van der Waals surface area contributed by atoms with Gasteiger partial charge in [0.2, 0.25) is 0 Å². The second kappa shape index (κ2) is 5.92. The van der Waals surface area contributed by atoms with Gasteiger partial charge in [-0.3, -0.25) is 4.79 Å². The van der Waals surface area contributed by atoms with Crippen LogP contribution in [0.15, 0.2) is 11.6 Å². The van der Waals surface area contributed by atoms with Gasteiger partial charge < -0.3 is 14.9 Å². The molecule has 3 aliphatic rings. The first-order valence-electron chi connectivity index (χ1n) is 9.35. The Morgan fingerprint density at radius 2 is 1.92 bits per heavy atom. The normalized spacial score (nSPS) is 43.4. The minimum atomic E-state index is -1.20. The van der Waals surface area contributed by atoms with Gasteiger partial charge in [-0.2, -0.15) is 0 Å². The minimum absolute atomic E-state index is 0.135. The summed E-state index contributed by atoms with van der Waals surface area (Å²) in [6.45, 7) is 8.17. The molecule has 5 nitrogen and oxygen atoms in total. The summed E-state index contributed by atoms with van der Waals surface area (Å²) in [5.41, 5.74) is -1.48. The van der Waals surface area contributed by atoms with E-state index in [2.05, 4.69) is 13.8 Å². The molecule has 2 fully saturated rings. The number of hydrogen-bond acceptors (Lipinski definition) is 5. The zero-order chi connectivity index (χ0) is 18.6. The lowest BCUT2D eigenvalue weighted by Crippen LogP contribution is -2.69. The third-order valence-corrected chi connectivity index (χ3v) is 7.31. The third kappa shape index (κ3) is 2.58. The van der Waals surface area contributed by atoms with Crippen LogP contribution in [-0.4, -0.2) is 40.3 Å². The molecule has 0 spiro atoms. The zero-order valence-electron chi connectivity index (χ0n) is 15.7. The van der Waals surface area contributed by atoms with E-state index in [1.807, 2.05) is 6.92 Å². The Morgan fingerprint density at radius 3 is 2.52 bits per heavy atom. The largest absolute Gasteiger partial charge is 0.458 e. The van der Waals surface area contributed by atoms with Gasteiger partial charge in [0.15, 0.2) is 5.78 Å². The van der Waals surface area contributed by atoms with Crippen molar-refractivity contribution in [1.29, 1.82) is 0 Å². The molecule has 0 aromatic heterocycles. The number of hydrogen-bond donors (Lipinski definition) is 2. The summed E-state index contributed by atoms with van der Waals surface area (Å²) in [7, 11) is 0. The van der Waals surface area contributed by atoms with Crippen LogP contribution in [0, 0.1) is 22.7 Å². The van der Waals surface area contributed by atoms with Crippen molar-refractivity contribution in [3.05, 3.63) is 11.6 Å². The van der Waals surface area contributed by atoms with Crippen LogP contribution in [0.1, 0.15) is 59.8 Å². The standard InChI is InChI=1S/C20H30O5/c1-12-14(21)15(22)16-18(2,3)8-5-9-19(16,4)20(12,24)10-6-13-7-11-25-17(13)23/h7,12,14,16,21,24H,5-6,8-11H2,1-4H3/t12-,14+,16-,19-,20-/m0/s1. The maximum absolute atomic E-state index is 12.9. The molecule has 0 aromatic carbocycles. The molecule has 25 heavy (non-hydrogen) atoms. The number of fused-ring (bicyclic) bond motifs is 1. The molecule has 3 rings (SSSR count). The second-order valence-electron chi connectivity index (χ2n) is 9.08. The summed E-state index contributed by atoms with van der Waals surface area (Å²) in [6, 6.07) is 0. The first kappa shape index (κ1) is 18.6. The quantitative estimate of drug-likeness (QED) is 0.764. The summed E-state index contributed by atoms with van der Waals surface area (Å²) in [5, 5.41) is 22.4. The van der Waals surface area contributed by atoms with Crippen molar-refractivity contribution in [2.45, 2.75) is 71.5 Å². The number of Topliss-reactive ketones (excluding diaryl/α,β-unsaturated/α-hetero) is 1. The minimum Gasteiger partial charge on any atom is -0.458 e. The van der Waals surface area contributed by atoms with E-state index in [9.17, 15) is 19.8 Å². The number of esters is 1. The monoisotopic (exact) mass is 350 g/mol. The van der Waals surface area contributed by atoms with Crippen LogP contribution in [0.4, 0.5) is 0 Å². The molecule has 0 aromatic rings. The van der Waals surface area contributed by atoms with E-state index < -0.39 is 23.0 Å². The number of rotatable bonds is 3. The average molecular weight is 350 g/mol. The van der Waals surface area contributed by atoms with Crippen LogP contribution < -0.4 is 0 Å². The van der Waals surface area contributed by atoms with Crippen LogP contribution >= 0.6 is 0 Å². The Kier molecular flexibility index (Phi) is 4.40. The maximum atomic E-state index is 12.9. The van der Waals surface area contributed by atoms with E-state index in [1.165, 1.54) is 0 Å². The van der Waals surface area contributed by atoms with Crippen LogP contribution in [0.5, 0.6) is 0 Å². The molecule has 1 heterocycles. The summed E-state index contributed by atoms with van der Waals surface area (Å²) in [4.78, 5) is 24.7. The Morgan fingerprint density at radius 1 is 1.24 bits per heavy atom. The maximum Gasteiger partial charge on any atom is 0.334 e. The van der Waals surface area contributed by atoms with Crippen LogP contribution in [0.3, 0.4) is 0 Å². The highest BCUT2D eigenvalue weighted by Gasteiger charge is 2.66. The number of aliphatic hydroxyl groups is 2. The number of cyclic esters (lactones) is 1. The van der Waals surface area contributed by atoms with Crippen molar-refractivity contribution in [1.82, 2.24) is 0 Å². The molecule has 2 N–H and O–H groups in total. The first-order chi connectivity index (χ1) is 11.5. The predicted molar refractivity (Wildman–Crippen MR) is 92.6 cm³/mol. The molecular weight excluding hydrogens is 320 g/mol. The lowest BCUT2D eigenvalue weighted by molar-refractivity contribution is -0.229. The highest BCUT2D eigenvalue weighted by molar-refractivity contribution is 5.90. The van der Waals surface area contributed by atoms with Crippen LogP contribution in [-0.2, 0) is 14.3 Å². The van der Waals surface area contributed by atoms with Gasteiger partial charge in [-0.1, -0.05) is 34.1 Å². The third-order valence-electron chi connectivity index (χ3n) is 7.31. The molecule has 140 valence electrons. The molecule has 1 aliphatic heterocycles. The van der Waals surface area contributed by atoms with E-state index in [4.69, 9.17) is 4.74 Å². The number of ketones is 1. The van der Waals surface area contributed by atoms with Crippen molar-refractivity contribution in [3.8, 4) is 0 Å². The summed E-state index contributed by atoms with van der Waals surface area (Å²) in [6.07, 6.45) is 3.96. The Bertz CT molecular complexity index is 622. The van der Waals surface area contributed by atoms with Gasteiger partial charge >= 0.3 is 5.97 Å². The van der Waals surface area contributed by atoms with Crippen molar-refractivity contribution < 1.29 is 24.5 Å². The van der Waals surface area contributed by atoms with E-state index in [1.54, 1.807) is 13.0 Å². The number of ether oxygens (including phenoxy) is 1. The van der Waals surface area contributed by atoms with Crippen molar-refractivity contribution >= 4 is 11.8 Å². The molecular formula is C20H30O5. The number of aliphatic hydroxyl groups excluding tert-OH is 1. The highest BCUT2D eigenvalue weighted by atomic mass is 16.5. The fraction of sp³-hybridized carbons (Fsp3) is 0.800. The lowest BCUT2D eigenvalue weighted by atomic mass is 9.43. The smallest absolute Gasteiger partial charge is 0.334 e. The van der Waals surface area contributed by atoms with Gasteiger partial charge in [0.1, 0.15) is 12.7 Å². The van der Waals surface area contributed by atoms with Gasteiger partial charge in [0.25, 0.3) is 0 Å². The van der Waals surface area contributed by atoms with E-state index in [0.29, 0.717) is 18.4 Å². The Hall–Kier alpha value is -1.20. The second-order valence-corrected chi connectivity index (χ2v) is 9.08. The van der Waals surface area contributed by atoms with E-state index in [-0.39, 0.29) is 29.7 Å². The van der Waals surface area contributed by atoms with Crippen molar-refractivity contribution in [2.24, 2.45) is 22.7 Å². The molecule has 2 saturated carbocycles. The van der Waals surface area contributed by atoms with Gasteiger partial charge in [-0.05, 0) is 37.2 Å². The van der Waals surface area contributed by atoms with Gasteiger partial charge in [-0.25, -0.2) is 4.79 Å².